The second kappa shape index (κ2) is 17.8. The topological polar surface area (TPSA) is 6.48 Å². The highest BCUT2D eigenvalue weighted by Crippen LogP contribution is 2.35. The van der Waals surface area contributed by atoms with Gasteiger partial charge >= 0.3 is 0 Å². The molecule has 0 spiro atoms. The second-order valence-electron chi connectivity index (χ2n) is 13.8. The third-order valence-corrected chi connectivity index (χ3v) is 9.95. The van der Waals surface area contributed by atoms with E-state index in [4.69, 9.17) is 0 Å². The summed E-state index contributed by atoms with van der Waals surface area (Å²) in [5.74, 6) is 0. The Hall–Kier alpha value is -7.16. The number of hydrogen-bond acceptors (Lipinski definition) is 2. The van der Waals surface area contributed by atoms with Crippen molar-refractivity contribution in [1.82, 2.24) is 0 Å². The van der Waals surface area contributed by atoms with Gasteiger partial charge in [0.25, 0.3) is 0 Å². The molecule has 2 nitrogen and oxygen atoms in total. The molecule has 0 fully saturated rings. The first-order valence-electron chi connectivity index (χ1n) is 19.3. The first-order chi connectivity index (χ1) is 27.7. The summed E-state index contributed by atoms with van der Waals surface area (Å²) in [6, 6.07) is 66.9. The van der Waals surface area contributed by atoms with E-state index in [1.807, 2.05) is 12.1 Å². The van der Waals surface area contributed by atoms with Gasteiger partial charge in [-0.05, 0) is 100 Å². The molecule has 0 saturated carbocycles. The van der Waals surface area contributed by atoms with Crippen molar-refractivity contribution >= 4 is 64.9 Å². The third kappa shape index (κ3) is 9.13. The first kappa shape index (κ1) is 35.8. The summed E-state index contributed by atoms with van der Waals surface area (Å²) in [6.45, 7) is 0. The van der Waals surface area contributed by atoms with Gasteiger partial charge in [-0.1, -0.05) is 188 Å². The lowest BCUT2D eigenvalue weighted by atomic mass is 10.0. The average Bonchev–Trinajstić information content (AvgIpc) is 3.28. The van der Waals surface area contributed by atoms with Crippen LogP contribution in [-0.2, 0) is 0 Å². The molecule has 1 unspecified atom stereocenters. The summed E-state index contributed by atoms with van der Waals surface area (Å²) in [6.07, 6.45) is 22.8. The number of allylic oxidation sites excluding steroid dienone is 2. The van der Waals surface area contributed by atoms with Crippen molar-refractivity contribution in [3.8, 4) is 0 Å². The van der Waals surface area contributed by atoms with E-state index in [0.717, 1.165) is 40.2 Å². The van der Waals surface area contributed by atoms with Crippen LogP contribution in [0.2, 0.25) is 0 Å². The summed E-state index contributed by atoms with van der Waals surface area (Å²) < 4.78 is 0. The largest absolute Gasteiger partial charge is 0.334 e. The van der Waals surface area contributed by atoms with Crippen LogP contribution in [0, 0.1) is 0 Å². The van der Waals surface area contributed by atoms with Crippen LogP contribution in [-0.4, -0.2) is 6.04 Å². The highest BCUT2D eigenvalue weighted by molar-refractivity contribution is 5.80. The molecule has 7 aromatic rings. The van der Waals surface area contributed by atoms with Crippen LogP contribution in [0.3, 0.4) is 0 Å². The fourth-order valence-corrected chi connectivity index (χ4v) is 6.98. The molecule has 0 radical (unpaired) electrons. The minimum Gasteiger partial charge on any atom is -0.334 e. The molecular weight excluding hydrogens is 677 g/mol. The quantitative estimate of drug-likeness (QED) is 0.116. The van der Waals surface area contributed by atoms with Gasteiger partial charge in [-0.15, -0.1) is 0 Å². The Morgan fingerprint density at radius 1 is 0.321 bits per heavy atom. The Kier molecular flexibility index (Phi) is 11.4. The maximum absolute atomic E-state index is 2.43. The second-order valence-corrected chi connectivity index (χ2v) is 13.8. The van der Waals surface area contributed by atoms with Crippen molar-refractivity contribution in [3.63, 3.8) is 0 Å². The monoisotopic (exact) mass is 720 g/mol. The summed E-state index contributed by atoms with van der Waals surface area (Å²) in [5.41, 5.74) is 12.7. The standard InChI is InChI=1S/C54H44N2/c1-5-13-43(14-6-1)21-23-45-27-35-51(36-28-45)55(49-17-9-3-10-18-49)53-39-31-47(32-40-53)25-26-48-33-41-54(42-34-48)56(50-19-11-4-12-20-50)52-37-29-46(30-38-52)24-22-44-15-7-2-8-16-44/h1-19,21-42,50H,20H2/b23-21+,24-22+,26-25-. The van der Waals surface area contributed by atoms with Gasteiger partial charge in [0, 0.05) is 28.4 Å². The van der Waals surface area contributed by atoms with E-state index >= 15 is 0 Å². The Labute approximate surface area is 331 Å². The Morgan fingerprint density at radius 3 is 1.00 bits per heavy atom. The van der Waals surface area contributed by atoms with Crippen molar-refractivity contribution < 1.29 is 0 Å². The molecule has 7 aromatic carbocycles. The first-order valence-corrected chi connectivity index (χ1v) is 19.3. The zero-order valence-electron chi connectivity index (χ0n) is 31.4. The van der Waals surface area contributed by atoms with E-state index in [2.05, 4.69) is 246 Å². The van der Waals surface area contributed by atoms with Crippen molar-refractivity contribution in [2.45, 2.75) is 12.5 Å². The van der Waals surface area contributed by atoms with Gasteiger partial charge in [-0.25, -0.2) is 0 Å². The van der Waals surface area contributed by atoms with Crippen LogP contribution in [0.5, 0.6) is 0 Å². The predicted molar refractivity (Wildman–Crippen MR) is 243 cm³/mol. The van der Waals surface area contributed by atoms with Gasteiger partial charge in [0.1, 0.15) is 0 Å². The van der Waals surface area contributed by atoms with Crippen molar-refractivity contribution in [3.05, 3.63) is 246 Å². The lowest BCUT2D eigenvalue weighted by Gasteiger charge is -2.32. The van der Waals surface area contributed by atoms with Crippen LogP contribution >= 0.6 is 0 Å². The van der Waals surface area contributed by atoms with Gasteiger partial charge < -0.3 is 9.80 Å². The summed E-state index contributed by atoms with van der Waals surface area (Å²) in [4.78, 5) is 4.74. The Bertz CT molecular complexity index is 2440. The minimum absolute atomic E-state index is 0.246. The molecule has 270 valence electrons. The minimum atomic E-state index is 0.246. The van der Waals surface area contributed by atoms with Gasteiger partial charge in [0.15, 0.2) is 0 Å². The normalized spacial score (nSPS) is 13.8. The number of anilines is 5. The molecule has 1 aliphatic rings. The van der Waals surface area contributed by atoms with Crippen LogP contribution < -0.4 is 9.80 Å². The van der Waals surface area contributed by atoms with Gasteiger partial charge in [-0.2, -0.15) is 0 Å². The highest BCUT2D eigenvalue weighted by Gasteiger charge is 2.19. The number of para-hydroxylation sites is 1. The van der Waals surface area contributed by atoms with E-state index in [9.17, 15) is 0 Å². The van der Waals surface area contributed by atoms with E-state index in [0.29, 0.717) is 0 Å². The van der Waals surface area contributed by atoms with E-state index in [1.165, 1.54) is 28.1 Å². The number of nitrogens with zero attached hydrogens (tertiary/aromatic N) is 2. The molecule has 0 saturated heterocycles. The average molecular weight is 721 g/mol. The molecule has 0 bridgehead atoms. The van der Waals surface area contributed by atoms with Gasteiger partial charge in [-0.3, -0.25) is 0 Å². The van der Waals surface area contributed by atoms with Crippen molar-refractivity contribution in [1.29, 1.82) is 0 Å². The van der Waals surface area contributed by atoms with Crippen LogP contribution in [0.15, 0.2) is 212 Å². The molecule has 1 atom stereocenters. The smallest absolute Gasteiger partial charge is 0.0559 e. The summed E-state index contributed by atoms with van der Waals surface area (Å²) in [5, 5.41) is 0. The number of hydrogen-bond donors (Lipinski definition) is 0. The lowest BCUT2D eigenvalue weighted by Crippen LogP contribution is -2.29. The molecule has 2 heteroatoms. The highest BCUT2D eigenvalue weighted by atomic mass is 15.2. The third-order valence-electron chi connectivity index (χ3n) is 9.95. The molecule has 56 heavy (non-hydrogen) atoms. The van der Waals surface area contributed by atoms with Crippen LogP contribution in [0.25, 0.3) is 36.5 Å². The lowest BCUT2D eigenvalue weighted by molar-refractivity contribution is 0.785. The molecule has 1 aliphatic carbocycles. The molecule has 0 heterocycles. The molecular formula is C54H44N2. The fourth-order valence-electron chi connectivity index (χ4n) is 6.98. The van der Waals surface area contributed by atoms with Crippen molar-refractivity contribution in [2.24, 2.45) is 0 Å². The van der Waals surface area contributed by atoms with Crippen LogP contribution in [0.4, 0.5) is 28.4 Å². The number of rotatable bonds is 12. The Morgan fingerprint density at radius 2 is 0.643 bits per heavy atom. The van der Waals surface area contributed by atoms with Gasteiger partial charge in [0.2, 0.25) is 0 Å². The molecule has 0 aliphatic heterocycles. The summed E-state index contributed by atoms with van der Waals surface area (Å²) >= 11 is 0. The van der Waals surface area contributed by atoms with Gasteiger partial charge in [0.05, 0.1) is 6.04 Å². The maximum atomic E-state index is 2.43. The number of benzene rings is 7. The van der Waals surface area contributed by atoms with E-state index in [1.54, 1.807) is 0 Å². The molecule has 0 N–H and O–H groups in total. The van der Waals surface area contributed by atoms with E-state index < -0.39 is 0 Å². The molecule has 0 aromatic heterocycles. The zero-order chi connectivity index (χ0) is 37.8. The van der Waals surface area contributed by atoms with E-state index in [-0.39, 0.29) is 6.04 Å². The van der Waals surface area contributed by atoms with Crippen LogP contribution in [0.1, 0.15) is 39.8 Å². The predicted octanol–water partition coefficient (Wildman–Crippen LogP) is 14.7. The fraction of sp³-hybridized carbons (Fsp3) is 0.0370. The zero-order valence-corrected chi connectivity index (χ0v) is 31.4. The maximum Gasteiger partial charge on any atom is 0.0559 e. The van der Waals surface area contributed by atoms with Crippen molar-refractivity contribution in [2.75, 3.05) is 9.80 Å². The SMILES string of the molecule is C1=CCC(N(c2ccc(/C=C\c3ccc(N(c4ccccc4)c4ccc(/C=C/c5ccccc5)cc4)cc3)cc2)c2ccc(/C=C/c3ccccc3)cc2)C=C1. The molecule has 8 rings (SSSR count). The Balaban J connectivity index is 0.975. The molecule has 0 amide bonds. The summed E-state index contributed by atoms with van der Waals surface area (Å²) in [7, 11) is 0.